The summed E-state index contributed by atoms with van der Waals surface area (Å²) in [5.41, 5.74) is 6.43. The fourth-order valence-electron chi connectivity index (χ4n) is 3.59. The molecule has 0 aromatic heterocycles. The van der Waals surface area contributed by atoms with Crippen molar-refractivity contribution in [1.82, 2.24) is 4.31 Å². The molecular weight excluding hydrogens is 352 g/mol. The van der Waals surface area contributed by atoms with Crippen LogP contribution in [0.25, 0.3) is 0 Å². The smallest absolute Gasteiger partial charge is 0.338 e. The number of fused-ring (bicyclic) bond motifs is 1. The van der Waals surface area contributed by atoms with Crippen LogP contribution in [-0.4, -0.2) is 44.4 Å². The zero-order valence-electron chi connectivity index (χ0n) is 13.6. The highest BCUT2D eigenvalue weighted by molar-refractivity contribution is 7.89. The van der Waals surface area contributed by atoms with Crippen LogP contribution in [-0.2, 0) is 14.8 Å². The maximum Gasteiger partial charge on any atom is 0.338 e. The number of sulfonamides is 1. The van der Waals surface area contributed by atoms with Gasteiger partial charge in [0.2, 0.25) is 10.0 Å². The van der Waals surface area contributed by atoms with Gasteiger partial charge in [0, 0.05) is 19.1 Å². The SMILES string of the molecule is CCOC(=O)c1ccc(S(=O)(=O)N2CC3CCC(N)C3C2)cc1.Cl. The quantitative estimate of drug-likeness (QED) is 0.809. The summed E-state index contributed by atoms with van der Waals surface area (Å²) in [4.78, 5) is 11.8. The number of nitrogens with two attached hydrogens (primary N) is 1. The number of hydrogen-bond acceptors (Lipinski definition) is 5. The molecule has 1 aromatic rings. The molecule has 2 fully saturated rings. The standard InChI is InChI=1S/C16H22N2O4S.ClH/c1-2-22-16(19)11-3-6-13(7-4-11)23(20,21)18-9-12-5-8-15(17)14(12)10-18;/h3-4,6-7,12,14-15H,2,5,8-10,17H2,1H3;1H. The summed E-state index contributed by atoms with van der Waals surface area (Å²) >= 11 is 0. The summed E-state index contributed by atoms with van der Waals surface area (Å²) in [6.07, 6.45) is 1.98. The van der Waals surface area contributed by atoms with Crippen LogP contribution in [0.5, 0.6) is 0 Å². The van der Waals surface area contributed by atoms with Crippen LogP contribution in [0.3, 0.4) is 0 Å². The van der Waals surface area contributed by atoms with Crippen LogP contribution in [0, 0.1) is 11.8 Å². The molecule has 3 atom stereocenters. The highest BCUT2D eigenvalue weighted by Crippen LogP contribution is 2.39. The van der Waals surface area contributed by atoms with Gasteiger partial charge in [0.1, 0.15) is 0 Å². The molecule has 2 N–H and O–H groups in total. The lowest BCUT2D eigenvalue weighted by molar-refractivity contribution is 0.0526. The van der Waals surface area contributed by atoms with Gasteiger partial charge in [0.15, 0.2) is 0 Å². The fraction of sp³-hybridized carbons (Fsp3) is 0.562. The molecule has 0 spiro atoms. The van der Waals surface area contributed by atoms with E-state index in [1.165, 1.54) is 28.6 Å². The number of benzene rings is 1. The van der Waals surface area contributed by atoms with Crippen LogP contribution >= 0.6 is 12.4 Å². The van der Waals surface area contributed by atoms with Gasteiger partial charge >= 0.3 is 5.97 Å². The van der Waals surface area contributed by atoms with E-state index in [0.717, 1.165) is 12.8 Å². The predicted molar refractivity (Wildman–Crippen MR) is 92.6 cm³/mol. The van der Waals surface area contributed by atoms with Crippen molar-refractivity contribution in [3.63, 3.8) is 0 Å². The lowest BCUT2D eigenvalue weighted by Gasteiger charge is -2.18. The maximum atomic E-state index is 12.7. The number of halogens is 1. The number of nitrogens with zero attached hydrogens (tertiary/aromatic N) is 1. The first-order valence-corrected chi connectivity index (χ1v) is 9.40. The second-order valence-corrected chi connectivity index (χ2v) is 8.17. The van der Waals surface area contributed by atoms with Gasteiger partial charge in [-0.05, 0) is 55.9 Å². The lowest BCUT2D eigenvalue weighted by Crippen LogP contribution is -2.33. The van der Waals surface area contributed by atoms with Gasteiger partial charge in [-0.1, -0.05) is 0 Å². The highest BCUT2D eigenvalue weighted by atomic mass is 35.5. The minimum Gasteiger partial charge on any atom is -0.462 e. The Hall–Kier alpha value is -1.15. The molecule has 1 saturated carbocycles. The molecular formula is C16H23ClN2O4S. The van der Waals surface area contributed by atoms with Gasteiger partial charge in [-0.3, -0.25) is 0 Å². The largest absolute Gasteiger partial charge is 0.462 e. The van der Waals surface area contributed by atoms with Gasteiger partial charge in [-0.25, -0.2) is 13.2 Å². The number of rotatable bonds is 4. The predicted octanol–water partition coefficient (Wildman–Crippen LogP) is 1.64. The van der Waals surface area contributed by atoms with Crippen molar-refractivity contribution in [2.45, 2.75) is 30.7 Å². The molecule has 3 unspecified atom stereocenters. The van der Waals surface area contributed by atoms with Crippen molar-refractivity contribution >= 4 is 28.4 Å². The third kappa shape index (κ3) is 3.44. The molecule has 0 amide bonds. The Morgan fingerprint density at radius 2 is 1.92 bits per heavy atom. The minimum atomic E-state index is -3.53. The van der Waals surface area contributed by atoms with E-state index in [4.69, 9.17) is 10.5 Å². The Morgan fingerprint density at radius 3 is 2.50 bits per heavy atom. The van der Waals surface area contributed by atoms with Crippen molar-refractivity contribution in [2.75, 3.05) is 19.7 Å². The van der Waals surface area contributed by atoms with Crippen molar-refractivity contribution < 1.29 is 17.9 Å². The zero-order valence-corrected chi connectivity index (χ0v) is 15.2. The average Bonchev–Trinajstić information content (AvgIpc) is 3.11. The van der Waals surface area contributed by atoms with E-state index >= 15 is 0 Å². The second kappa shape index (κ2) is 7.39. The molecule has 1 heterocycles. The Labute approximate surface area is 148 Å². The summed E-state index contributed by atoms with van der Waals surface area (Å²) in [6.45, 7) is 3.05. The second-order valence-electron chi connectivity index (χ2n) is 6.23. The number of hydrogen-bond donors (Lipinski definition) is 1. The van der Waals surface area contributed by atoms with Crippen molar-refractivity contribution in [3.8, 4) is 0 Å². The molecule has 1 aromatic carbocycles. The van der Waals surface area contributed by atoms with Gasteiger partial charge in [-0.15, -0.1) is 12.4 Å². The summed E-state index contributed by atoms with van der Waals surface area (Å²) < 4.78 is 31.9. The van der Waals surface area contributed by atoms with Crippen LogP contribution in [0.2, 0.25) is 0 Å². The number of carbonyl (C=O) groups excluding carboxylic acids is 1. The number of ether oxygens (including phenoxy) is 1. The fourth-order valence-corrected chi connectivity index (χ4v) is 5.12. The third-order valence-corrected chi connectivity index (χ3v) is 6.73. The molecule has 24 heavy (non-hydrogen) atoms. The van der Waals surface area contributed by atoms with Crippen LogP contribution in [0.4, 0.5) is 0 Å². The van der Waals surface area contributed by atoms with E-state index < -0.39 is 16.0 Å². The molecule has 134 valence electrons. The van der Waals surface area contributed by atoms with E-state index in [1.807, 2.05) is 0 Å². The van der Waals surface area contributed by atoms with Gasteiger partial charge in [-0.2, -0.15) is 4.31 Å². The van der Waals surface area contributed by atoms with Gasteiger partial charge in [0.05, 0.1) is 17.1 Å². The Bertz CT molecular complexity index is 693. The van der Waals surface area contributed by atoms with E-state index in [0.29, 0.717) is 24.6 Å². The van der Waals surface area contributed by atoms with Gasteiger partial charge in [0.25, 0.3) is 0 Å². The number of carbonyl (C=O) groups is 1. The Balaban J connectivity index is 0.00000208. The minimum absolute atomic E-state index is 0. The molecule has 8 heteroatoms. The Morgan fingerprint density at radius 1 is 1.25 bits per heavy atom. The molecule has 3 rings (SSSR count). The van der Waals surface area contributed by atoms with E-state index in [-0.39, 0.29) is 35.9 Å². The first-order chi connectivity index (χ1) is 10.9. The van der Waals surface area contributed by atoms with E-state index in [1.54, 1.807) is 6.92 Å². The summed E-state index contributed by atoms with van der Waals surface area (Å²) in [5, 5.41) is 0. The molecule has 0 bridgehead atoms. The summed E-state index contributed by atoms with van der Waals surface area (Å²) in [7, 11) is -3.53. The third-order valence-electron chi connectivity index (χ3n) is 4.88. The van der Waals surface area contributed by atoms with Crippen molar-refractivity contribution in [3.05, 3.63) is 29.8 Å². The van der Waals surface area contributed by atoms with Crippen LogP contribution < -0.4 is 5.73 Å². The summed E-state index contributed by atoms with van der Waals surface area (Å²) in [6, 6.07) is 6.03. The zero-order chi connectivity index (χ0) is 16.6. The van der Waals surface area contributed by atoms with Crippen molar-refractivity contribution in [1.29, 1.82) is 0 Å². The van der Waals surface area contributed by atoms with Gasteiger partial charge < -0.3 is 10.5 Å². The van der Waals surface area contributed by atoms with E-state index in [2.05, 4.69) is 0 Å². The average molecular weight is 375 g/mol. The maximum absolute atomic E-state index is 12.7. The lowest BCUT2D eigenvalue weighted by atomic mass is 9.98. The normalized spacial score (nSPS) is 26.7. The molecule has 0 radical (unpaired) electrons. The van der Waals surface area contributed by atoms with E-state index in [9.17, 15) is 13.2 Å². The summed E-state index contributed by atoms with van der Waals surface area (Å²) in [5.74, 6) is 0.195. The molecule has 2 aliphatic rings. The first-order valence-electron chi connectivity index (χ1n) is 7.96. The van der Waals surface area contributed by atoms with Crippen molar-refractivity contribution in [2.24, 2.45) is 17.6 Å². The molecule has 1 aliphatic heterocycles. The monoisotopic (exact) mass is 374 g/mol. The Kier molecular flexibility index (Phi) is 5.91. The molecule has 1 saturated heterocycles. The highest BCUT2D eigenvalue weighted by Gasteiger charge is 2.45. The van der Waals surface area contributed by atoms with Crippen LogP contribution in [0.1, 0.15) is 30.1 Å². The first kappa shape index (κ1) is 19.2. The molecule has 6 nitrogen and oxygen atoms in total. The van der Waals surface area contributed by atoms with Crippen LogP contribution in [0.15, 0.2) is 29.2 Å². The topological polar surface area (TPSA) is 89.7 Å². The molecule has 1 aliphatic carbocycles. The number of esters is 1.